The molecule has 0 saturated carbocycles. The highest BCUT2D eigenvalue weighted by atomic mass is 32.1. The molecule has 0 saturated heterocycles. The Hall–Kier alpha value is -2.13. The van der Waals surface area contributed by atoms with Crippen LogP contribution in [-0.4, -0.2) is 4.98 Å². The molecule has 3 heteroatoms. The van der Waals surface area contributed by atoms with E-state index >= 15 is 0 Å². The van der Waals surface area contributed by atoms with Gasteiger partial charge in [-0.3, -0.25) is 0 Å². The fourth-order valence-corrected chi connectivity index (χ4v) is 2.88. The van der Waals surface area contributed by atoms with Crippen LogP contribution in [0.4, 0.5) is 5.69 Å². The monoisotopic (exact) mass is 294 g/mol. The number of aryl methyl sites for hydroxylation is 2. The summed E-state index contributed by atoms with van der Waals surface area (Å²) in [6, 6.07) is 15.0. The molecule has 0 amide bonds. The second-order valence-corrected chi connectivity index (χ2v) is 6.08. The molecule has 0 spiro atoms. The predicted octanol–water partition coefficient (Wildman–Crippen LogP) is 5.04. The fraction of sp³-hybridized carbons (Fsp3) is 0.167. The van der Waals surface area contributed by atoms with Crippen LogP contribution >= 0.6 is 11.3 Å². The zero-order chi connectivity index (χ0) is 14.7. The highest BCUT2D eigenvalue weighted by Gasteiger charge is 2.02. The van der Waals surface area contributed by atoms with Crippen LogP contribution in [0.25, 0.3) is 10.6 Å². The number of benzene rings is 2. The number of nitrogens with one attached hydrogen (secondary N) is 1. The minimum absolute atomic E-state index is 0.836. The highest BCUT2D eigenvalue weighted by molar-refractivity contribution is 7.13. The number of nitrogens with zero attached hydrogens (tertiary/aromatic N) is 1. The molecule has 0 aliphatic rings. The Morgan fingerprint density at radius 2 is 1.95 bits per heavy atom. The van der Waals surface area contributed by atoms with E-state index in [0.717, 1.165) is 22.8 Å². The summed E-state index contributed by atoms with van der Waals surface area (Å²) in [4.78, 5) is 4.36. The van der Waals surface area contributed by atoms with Crippen molar-refractivity contribution >= 4 is 17.0 Å². The second-order valence-electron chi connectivity index (χ2n) is 5.19. The largest absolute Gasteiger partial charge is 0.381 e. The lowest BCUT2D eigenvalue weighted by Crippen LogP contribution is -2.00. The van der Waals surface area contributed by atoms with Crippen LogP contribution in [0.5, 0.6) is 0 Å². The maximum absolute atomic E-state index is 4.36. The minimum Gasteiger partial charge on any atom is -0.381 e. The van der Waals surface area contributed by atoms with Crippen molar-refractivity contribution in [3.8, 4) is 10.6 Å². The average molecular weight is 294 g/mol. The first kappa shape index (κ1) is 13.8. The van der Waals surface area contributed by atoms with E-state index < -0.39 is 0 Å². The Morgan fingerprint density at radius 1 is 1.05 bits per heavy atom. The molecule has 0 aliphatic heterocycles. The maximum Gasteiger partial charge on any atom is 0.123 e. The van der Waals surface area contributed by atoms with Crippen molar-refractivity contribution in [1.82, 2.24) is 4.98 Å². The van der Waals surface area contributed by atoms with Crippen LogP contribution in [0.3, 0.4) is 0 Å². The smallest absolute Gasteiger partial charge is 0.123 e. The van der Waals surface area contributed by atoms with Gasteiger partial charge in [-0.2, -0.15) is 0 Å². The first-order chi connectivity index (χ1) is 10.2. The quantitative estimate of drug-likeness (QED) is 0.729. The van der Waals surface area contributed by atoms with Gasteiger partial charge >= 0.3 is 0 Å². The van der Waals surface area contributed by atoms with E-state index in [1.54, 1.807) is 11.3 Å². The minimum atomic E-state index is 0.836. The predicted molar refractivity (Wildman–Crippen MR) is 90.8 cm³/mol. The average Bonchev–Trinajstić information content (AvgIpc) is 3.03. The van der Waals surface area contributed by atoms with E-state index in [1.807, 2.05) is 11.6 Å². The Labute approximate surface area is 129 Å². The van der Waals surface area contributed by atoms with Crippen LogP contribution in [-0.2, 0) is 6.54 Å². The Morgan fingerprint density at radius 3 is 2.71 bits per heavy atom. The van der Waals surface area contributed by atoms with Crippen LogP contribution < -0.4 is 5.32 Å². The van der Waals surface area contributed by atoms with E-state index in [0.29, 0.717) is 0 Å². The maximum atomic E-state index is 4.36. The van der Waals surface area contributed by atoms with Gasteiger partial charge in [-0.25, -0.2) is 4.98 Å². The second kappa shape index (κ2) is 6.10. The van der Waals surface area contributed by atoms with Gasteiger partial charge in [-0.1, -0.05) is 30.3 Å². The van der Waals surface area contributed by atoms with Crippen molar-refractivity contribution in [3.05, 3.63) is 70.7 Å². The van der Waals surface area contributed by atoms with Gasteiger partial charge in [-0.15, -0.1) is 11.3 Å². The van der Waals surface area contributed by atoms with Gasteiger partial charge in [0.2, 0.25) is 0 Å². The Kier molecular flexibility index (Phi) is 4.02. The molecule has 3 aromatic rings. The van der Waals surface area contributed by atoms with Crippen molar-refractivity contribution in [2.45, 2.75) is 20.4 Å². The van der Waals surface area contributed by atoms with Crippen LogP contribution in [0.15, 0.2) is 54.0 Å². The van der Waals surface area contributed by atoms with E-state index in [-0.39, 0.29) is 0 Å². The molecule has 0 fully saturated rings. The zero-order valence-corrected chi connectivity index (χ0v) is 13.1. The Balaban J connectivity index is 1.73. The highest BCUT2D eigenvalue weighted by Crippen LogP contribution is 2.24. The van der Waals surface area contributed by atoms with E-state index in [2.05, 4.69) is 66.6 Å². The summed E-state index contributed by atoms with van der Waals surface area (Å²) in [5, 5.41) is 6.55. The molecule has 0 atom stereocenters. The zero-order valence-electron chi connectivity index (χ0n) is 12.3. The molecule has 1 N–H and O–H groups in total. The van der Waals surface area contributed by atoms with Crippen LogP contribution in [0.2, 0.25) is 0 Å². The molecule has 3 rings (SSSR count). The number of hydrogen-bond acceptors (Lipinski definition) is 3. The van der Waals surface area contributed by atoms with Gasteiger partial charge in [0, 0.05) is 29.4 Å². The molecular weight excluding hydrogens is 276 g/mol. The van der Waals surface area contributed by atoms with Gasteiger partial charge in [0.25, 0.3) is 0 Å². The number of hydrogen-bond donors (Lipinski definition) is 1. The van der Waals surface area contributed by atoms with E-state index in [9.17, 15) is 0 Å². The summed E-state index contributed by atoms with van der Waals surface area (Å²) in [6.45, 7) is 5.13. The molecule has 0 radical (unpaired) electrons. The summed E-state index contributed by atoms with van der Waals surface area (Å²) < 4.78 is 0. The lowest BCUT2D eigenvalue weighted by atomic mass is 10.1. The molecule has 21 heavy (non-hydrogen) atoms. The van der Waals surface area contributed by atoms with Crippen LogP contribution in [0.1, 0.15) is 16.7 Å². The molecule has 0 bridgehead atoms. The number of anilines is 1. The third-order valence-corrected chi connectivity index (χ3v) is 4.43. The molecule has 0 unspecified atom stereocenters. The third kappa shape index (κ3) is 3.31. The van der Waals surface area contributed by atoms with E-state index in [4.69, 9.17) is 0 Å². The number of aromatic nitrogens is 1. The van der Waals surface area contributed by atoms with Gasteiger partial charge in [-0.05, 0) is 42.7 Å². The standard InChI is InChI=1S/C18H18N2S/c1-13-6-7-15(10-14(13)2)12-20-17-5-3-4-16(11-17)18-19-8-9-21-18/h3-11,20H,12H2,1-2H3. The molecule has 1 heterocycles. The molecule has 0 aliphatic carbocycles. The lowest BCUT2D eigenvalue weighted by molar-refractivity contribution is 1.13. The number of thiazole rings is 1. The summed E-state index contributed by atoms with van der Waals surface area (Å²) >= 11 is 1.66. The summed E-state index contributed by atoms with van der Waals surface area (Å²) in [7, 11) is 0. The molecule has 106 valence electrons. The van der Waals surface area contributed by atoms with Gasteiger partial charge < -0.3 is 5.32 Å². The summed E-state index contributed by atoms with van der Waals surface area (Å²) in [5.41, 5.74) is 6.27. The molecular formula is C18H18N2S. The van der Waals surface area contributed by atoms with Crippen LogP contribution in [0, 0.1) is 13.8 Å². The van der Waals surface area contributed by atoms with Gasteiger partial charge in [0.15, 0.2) is 0 Å². The normalized spacial score (nSPS) is 10.6. The van der Waals surface area contributed by atoms with Crippen molar-refractivity contribution in [2.24, 2.45) is 0 Å². The van der Waals surface area contributed by atoms with Crippen molar-refractivity contribution in [1.29, 1.82) is 0 Å². The van der Waals surface area contributed by atoms with E-state index in [1.165, 1.54) is 16.7 Å². The van der Waals surface area contributed by atoms with Crippen molar-refractivity contribution in [2.75, 3.05) is 5.32 Å². The van der Waals surface area contributed by atoms with Crippen molar-refractivity contribution in [3.63, 3.8) is 0 Å². The van der Waals surface area contributed by atoms with Crippen molar-refractivity contribution < 1.29 is 0 Å². The molecule has 1 aromatic heterocycles. The summed E-state index contributed by atoms with van der Waals surface area (Å²) in [5.74, 6) is 0. The number of rotatable bonds is 4. The molecule has 2 aromatic carbocycles. The first-order valence-electron chi connectivity index (χ1n) is 7.02. The fourth-order valence-electron chi connectivity index (χ4n) is 2.25. The van der Waals surface area contributed by atoms with Gasteiger partial charge in [0.05, 0.1) is 0 Å². The Bertz CT molecular complexity index is 733. The topological polar surface area (TPSA) is 24.9 Å². The third-order valence-electron chi connectivity index (χ3n) is 3.61. The van der Waals surface area contributed by atoms with Gasteiger partial charge in [0.1, 0.15) is 5.01 Å². The summed E-state index contributed by atoms with van der Waals surface area (Å²) in [6.07, 6.45) is 1.84. The first-order valence-corrected chi connectivity index (χ1v) is 7.90. The molecule has 2 nitrogen and oxygen atoms in total. The SMILES string of the molecule is Cc1ccc(CNc2cccc(-c3nccs3)c2)cc1C. The lowest BCUT2D eigenvalue weighted by Gasteiger charge is -2.09.